The molecule has 0 unspecified atom stereocenters. The molecule has 0 aliphatic carbocycles. The van der Waals surface area contributed by atoms with Crippen molar-refractivity contribution in [3.8, 4) is 11.1 Å². The van der Waals surface area contributed by atoms with Crippen molar-refractivity contribution in [2.75, 3.05) is 19.7 Å². The molecule has 1 heterocycles. The smallest absolute Gasteiger partial charge is 0.326 e. The lowest BCUT2D eigenvalue weighted by molar-refractivity contribution is -0.143. The van der Waals surface area contributed by atoms with E-state index in [1.165, 1.54) is 4.90 Å². The van der Waals surface area contributed by atoms with Gasteiger partial charge in [0.25, 0.3) is 0 Å². The normalized spacial score (nSPS) is 13.2. The molecule has 0 fully saturated rings. The summed E-state index contributed by atoms with van der Waals surface area (Å²) in [5.41, 5.74) is 7.36. The van der Waals surface area contributed by atoms with Crippen LogP contribution >= 0.6 is 0 Å². The van der Waals surface area contributed by atoms with Gasteiger partial charge in [-0.2, -0.15) is 0 Å². The first-order chi connectivity index (χ1) is 24.0. The summed E-state index contributed by atoms with van der Waals surface area (Å²) >= 11 is 0. The highest BCUT2D eigenvalue weighted by atomic mass is 19.1. The van der Waals surface area contributed by atoms with Crippen LogP contribution in [0.2, 0.25) is 0 Å². The van der Waals surface area contributed by atoms with E-state index in [1.54, 1.807) is 12.3 Å². The van der Waals surface area contributed by atoms with E-state index in [0.717, 1.165) is 23.8 Å². The Balaban J connectivity index is 1.82. The number of carbonyl (C=O) groups is 5. The molecule has 1 aromatic heterocycles. The van der Waals surface area contributed by atoms with Gasteiger partial charge in [-0.05, 0) is 48.1 Å². The van der Waals surface area contributed by atoms with Crippen LogP contribution < -0.4 is 16.4 Å². The Morgan fingerprint density at radius 2 is 1.65 bits per heavy atom. The molecule has 7 N–H and O–H groups in total. The second-order valence-electron chi connectivity index (χ2n) is 13.2. The van der Waals surface area contributed by atoms with Gasteiger partial charge in [-0.3, -0.25) is 19.2 Å². The first-order valence-corrected chi connectivity index (χ1v) is 16.4. The van der Waals surface area contributed by atoms with Gasteiger partial charge < -0.3 is 41.2 Å². The highest BCUT2D eigenvalue weighted by Crippen LogP contribution is 2.41. The minimum atomic E-state index is -1.41. The Morgan fingerprint density at radius 3 is 2.25 bits per heavy atom. The molecule has 276 valence electrons. The number of carboxylic acid groups (broad SMARTS) is 2. The monoisotopic (exact) mass is 713 g/mol. The van der Waals surface area contributed by atoms with Gasteiger partial charge in [-0.1, -0.05) is 51.1 Å². The maximum Gasteiger partial charge on any atom is 0.326 e. The fourth-order valence-electron chi connectivity index (χ4n) is 5.73. The Labute approximate surface area is 294 Å². The molecule has 2 aromatic carbocycles. The van der Waals surface area contributed by atoms with Crippen molar-refractivity contribution in [1.82, 2.24) is 20.1 Å². The van der Waals surface area contributed by atoms with Gasteiger partial charge >= 0.3 is 11.9 Å². The second kappa shape index (κ2) is 18.2. The predicted molar refractivity (Wildman–Crippen MR) is 183 cm³/mol. The quantitative estimate of drug-likeness (QED) is 0.115. The number of halogens is 2. The summed E-state index contributed by atoms with van der Waals surface area (Å²) in [5, 5.41) is 32.8. The third-order valence-corrected chi connectivity index (χ3v) is 8.18. The first-order valence-electron chi connectivity index (χ1n) is 16.4. The van der Waals surface area contributed by atoms with Crippen molar-refractivity contribution in [1.29, 1.82) is 0 Å². The number of amides is 3. The van der Waals surface area contributed by atoms with Crippen molar-refractivity contribution in [2.45, 2.75) is 71.1 Å². The summed E-state index contributed by atoms with van der Waals surface area (Å²) in [6.45, 7) is 4.84. The van der Waals surface area contributed by atoms with Gasteiger partial charge in [0.1, 0.15) is 24.3 Å². The Morgan fingerprint density at radius 1 is 0.961 bits per heavy atom. The Hall–Kier alpha value is -5.15. The average molecular weight is 714 g/mol. The highest BCUT2D eigenvalue weighted by molar-refractivity contribution is 5.85. The standard InChI is InChI=1S/C36H45F2N5O8/c1-36(2,3)33(29-17-23(25-18-24(37)9-10-26(25)38)20-42(29)19-22-7-5-4-6-8-22)43(31(46)21-44)16-14-27(39)34(49)40-15-13-30(45)41-28(35(50)51)11-12-32(47)48/h4-10,17-18,20,27-28,33,44H,11-16,19,21,39H2,1-3H3,(H,40,49)(H,41,45)(H,47,48)(H,50,51)/t27-,28+,33-/m0/s1. The number of nitrogens with one attached hydrogen (secondary N) is 2. The van der Waals surface area contributed by atoms with E-state index < -0.39 is 77.9 Å². The number of aromatic nitrogens is 1. The van der Waals surface area contributed by atoms with Gasteiger partial charge in [0.05, 0.1) is 12.1 Å². The molecule has 3 atom stereocenters. The number of rotatable bonds is 18. The first kappa shape index (κ1) is 40.3. The van der Waals surface area contributed by atoms with E-state index in [4.69, 9.17) is 10.8 Å². The number of benzene rings is 2. The number of aliphatic hydroxyl groups is 1. The zero-order valence-electron chi connectivity index (χ0n) is 28.8. The van der Waals surface area contributed by atoms with Crippen LogP contribution in [-0.4, -0.2) is 86.2 Å². The van der Waals surface area contributed by atoms with Crippen molar-refractivity contribution in [3.05, 3.63) is 83.7 Å². The summed E-state index contributed by atoms with van der Waals surface area (Å²) in [6.07, 6.45) is 0.549. The van der Waals surface area contributed by atoms with Crippen molar-refractivity contribution >= 4 is 29.7 Å². The average Bonchev–Trinajstić information content (AvgIpc) is 3.47. The van der Waals surface area contributed by atoms with Gasteiger partial charge in [-0.15, -0.1) is 0 Å². The summed E-state index contributed by atoms with van der Waals surface area (Å²) in [6, 6.07) is 10.9. The molecule has 0 spiro atoms. The second-order valence-corrected chi connectivity index (χ2v) is 13.2. The molecule has 13 nitrogen and oxygen atoms in total. The van der Waals surface area contributed by atoms with E-state index in [2.05, 4.69) is 10.6 Å². The minimum Gasteiger partial charge on any atom is -0.481 e. The van der Waals surface area contributed by atoms with Crippen LogP contribution in [0.4, 0.5) is 8.78 Å². The van der Waals surface area contributed by atoms with Gasteiger partial charge in [0, 0.05) is 55.5 Å². The van der Waals surface area contributed by atoms with Crippen LogP contribution in [0.25, 0.3) is 11.1 Å². The largest absolute Gasteiger partial charge is 0.481 e. The Bertz CT molecular complexity index is 1690. The highest BCUT2D eigenvalue weighted by Gasteiger charge is 2.37. The van der Waals surface area contributed by atoms with E-state index in [1.807, 2.05) is 55.7 Å². The maximum atomic E-state index is 15.0. The molecule has 3 rings (SSSR count). The number of hydrogen-bond acceptors (Lipinski definition) is 7. The number of aliphatic hydroxyl groups excluding tert-OH is 1. The SMILES string of the molecule is CC(C)(C)[C@H](c1cc(-c2cc(F)ccc2F)cn1Cc1ccccc1)N(CC[C@H](N)C(=O)NCCC(=O)N[C@H](CCC(=O)O)C(=O)O)C(=O)CO. The molecule has 0 aliphatic rings. The third-order valence-electron chi connectivity index (χ3n) is 8.18. The summed E-state index contributed by atoms with van der Waals surface area (Å²) in [4.78, 5) is 62.0. The zero-order chi connectivity index (χ0) is 37.9. The number of hydrogen-bond donors (Lipinski definition) is 6. The van der Waals surface area contributed by atoms with Crippen molar-refractivity contribution < 1.29 is 48.1 Å². The van der Waals surface area contributed by atoms with Crippen LogP contribution in [-0.2, 0) is 30.5 Å². The molecular weight excluding hydrogens is 668 g/mol. The zero-order valence-corrected chi connectivity index (χ0v) is 28.8. The Kier molecular flexibility index (Phi) is 14.4. The fraction of sp³-hybridized carbons (Fsp3) is 0.417. The number of nitrogens with zero attached hydrogens (tertiary/aromatic N) is 2. The van der Waals surface area contributed by atoms with E-state index in [-0.39, 0.29) is 37.9 Å². The molecule has 51 heavy (non-hydrogen) atoms. The lowest BCUT2D eigenvalue weighted by atomic mass is 9.82. The summed E-state index contributed by atoms with van der Waals surface area (Å²) in [5.74, 6) is -5.88. The van der Waals surface area contributed by atoms with Gasteiger partial charge in [-0.25, -0.2) is 13.6 Å². The molecule has 15 heteroatoms. The molecule has 0 aliphatic heterocycles. The third kappa shape index (κ3) is 11.7. The molecule has 3 amide bonds. The van der Waals surface area contributed by atoms with Crippen LogP contribution in [0.15, 0.2) is 60.8 Å². The molecule has 0 bridgehead atoms. The van der Waals surface area contributed by atoms with Crippen LogP contribution in [0.3, 0.4) is 0 Å². The van der Waals surface area contributed by atoms with Gasteiger partial charge in [0.15, 0.2) is 0 Å². The molecule has 0 saturated heterocycles. The number of carboxylic acids is 2. The lowest BCUT2D eigenvalue weighted by Crippen LogP contribution is -2.48. The molecular formula is C36H45F2N5O8. The number of carbonyl (C=O) groups excluding carboxylic acids is 3. The fourth-order valence-corrected chi connectivity index (χ4v) is 5.73. The topological polar surface area (TPSA) is 204 Å². The van der Waals surface area contributed by atoms with Crippen LogP contribution in [0, 0.1) is 17.0 Å². The molecule has 0 saturated carbocycles. The van der Waals surface area contributed by atoms with Crippen molar-refractivity contribution in [2.24, 2.45) is 11.1 Å². The van der Waals surface area contributed by atoms with E-state index in [9.17, 15) is 43.0 Å². The number of nitrogens with two attached hydrogens (primary N) is 1. The summed E-state index contributed by atoms with van der Waals surface area (Å²) in [7, 11) is 0. The van der Waals surface area contributed by atoms with E-state index >= 15 is 0 Å². The van der Waals surface area contributed by atoms with Crippen LogP contribution in [0.5, 0.6) is 0 Å². The van der Waals surface area contributed by atoms with Gasteiger partial charge in [0.2, 0.25) is 17.7 Å². The minimum absolute atomic E-state index is 0.0295. The summed E-state index contributed by atoms with van der Waals surface area (Å²) < 4.78 is 31.1. The van der Waals surface area contributed by atoms with E-state index in [0.29, 0.717) is 17.8 Å². The lowest BCUT2D eigenvalue weighted by Gasteiger charge is -2.41. The van der Waals surface area contributed by atoms with Crippen molar-refractivity contribution in [3.63, 3.8) is 0 Å². The number of aliphatic carboxylic acids is 2. The maximum absolute atomic E-state index is 15.0. The molecule has 3 aromatic rings. The predicted octanol–water partition coefficient (Wildman–Crippen LogP) is 3.05. The molecule has 0 radical (unpaired) electrons. The van der Waals surface area contributed by atoms with Crippen LogP contribution in [0.1, 0.15) is 63.8 Å².